The van der Waals surface area contributed by atoms with Gasteiger partial charge in [0.1, 0.15) is 11.5 Å². The Kier molecular flexibility index (Phi) is 3.37. The third-order valence-corrected chi connectivity index (χ3v) is 2.77. The fraction of sp³-hybridized carbons (Fsp3) is 0.143. The minimum atomic E-state index is -1.09. The van der Waals surface area contributed by atoms with Crippen LogP contribution in [-0.2, 0) is 0 Å². The van der Waals surface area contributed by atoms with Crippen molar-refractivity contribution in [2.75, 3.05) is 7.11 Å². The Hall–Kier alpha value is -2.56. The summed E-state index contributed by atoms with van der Waals surface area (Å²) in [5.41, 5.74) is 1.26. The summed E-state index contributed by atoms with van der Waals surface area (Å²) in [5.74, 6) is -0.106. The van der Waals surface area contributed by atoms with Crippen LogP contribution < -0.4 is 4.74 Å². The van der Waals surface area contributed by atoms with Crippen LogP contribution in [0.5, 0.6) is 5.75 Å². The lowest BCUT2D eigenvalue weighted by Gasteiger charge is -2.09. The number of aldehydes is 1. The Labute approximate surface area is 109 Å². The highest BCUT2D eigenvalue weighted by Gasteiger charge is 2.17. The fourth-order valence-corrected chi connectivity index (χ4v) is 1.85. The number of benzene rings is 1. The molecule has 1 aromatic carbocycles. The van der Waals surface area contributed by atoms with E-state index in [1.54, 1.807) is 19.1 Å². The van der Waals surface area contributed by atoms with Gasteiger partial charge < -0.3 is 14.3 Å². The van der Waals surface area contributed by atoms with Gasteiger partial charge in [-0.1, -0.05) is 0 Å². The van der Waals surface area contributed by atoms with Crippen molar-refractivity contribution in [2.24, 2.45) is 0 Å². The Bertz CT molecular complexity index is 639. The van der Waals surface area contributed by atoms with E-state index in [0.717, 1.165) is 5.56 Å². The fourth-order valence-electron chi connectivity index (χ4n) is 1.85. The molecule has 0 amide bonds. The van der Waals surface area contributed by atoms with Crippen LogP contribution in [0.1, 0.15) is 26.5 Å². The number of hydrogen-bond donors (Lipinski definition) is 1. The second-order valence-electron chi connectivity index (χ2n) is 3.99. The zero-order valence-electron chi connectivity index (χ0n) is 10.5. The number of carboxylic acids is 1. The lowest BCUT2D eigenvalue weighted by Crippen LogP contribution is -2.01. The molecule has 1 N–H and O–H groups in total. The maximum atomic E-state index is 11.3. The van der Waals surface area contributed by atoms with E-state index >= 15 is 0 Å². The van der Waals surface area contributed by atoms with Gasteiger partial charge in [-0.05, 0) is 36.8 Å². The molecule has 5 nitrogen and oxygen atoms in total. The van der Waals surface area contributed by atoms with Gasteiger partial charge in [-0.2, -0.15) is 0 Å². The van der Waals surface area contributed by atoms with Gasteiger partial charge >= 0.3 is 5.97 Å². The molecular formula is C14H12O5. The van der Waals surface area contributed by atoms with Crippen molar-refractivity contribution in [3.63, 3.8) is 0 Å². The minimum absolute atomic E-state index is 0.0641. The predicted octanol–water partition coefficient (Wildman–Crippen LogP) is 2.77. The Morgan fingerprint density at radius 1 is 1.37 bits per heavy atom. The highest BCUT2D eigenvalue weighted by molar-refractivity contribution is 5.96. The highest BCUT2D eigenvalue weighted by Crippen LogP contribution is 2.31. The monoisotopic (exact) mass is 260 g/mol. The average Bonchev–Trinajstić information content (AvgIpc) is 2.86. The third-order valence-electron chi connectivity index (χ3n) is 2.77. The van der Waals surface area contributed by atoms with Crippen molar-refractivity contribution in [2.45, 2.75) is 6.92 Å². The maximum Gasteiger partial charge on any atom is 0.336 e. The molecule has 19 heavy (non-hydrogen) atoms. The zero-order valence-corrected chi connectivity index (χ0v) is 10.5. The first kappa shape index (κ1) is 12.9. The first-order valence-electron chi connectivity index (χ1n) is 5.54. The lowest BCUT2D eigenvalue weighted by atomic mass is 10.0. The molecule has 0 saturated heterocycles. The summed E-state index contributed by atoms with van der Waals surface area (Å²) in [6.07, 6.45) is 0.570. The molecule has 0 aliphatic rings. The van der Waals surface area contributed by atoms with Gasteiger partial charge in [-0.3, -0.25) is 4.79 Å². The van der Waals surface area contributed by atoms with E-state index in [4.69, 9.17) is 9.15 Å². The van der Waals surface area contributed by atoms with E-state index in [-0.39, 0.29) is 11.3 Å². The normalized spacial score (nSPS) is 10.2. The minimum Gasteiger partial charge on any atom is -0.496 e. The van der Waals surface area contributed by atoms with Crippen molar-refractivity contribution >= 4 is 12.3 Å². The number of hydrogen-bond acceptors (Lipinski definition) is 4. The van der Waals surface area contributed by atoms with Crippen LogP contribution in [0, 0.1) is 6.92 Å². The molecule has 0 saturated carbocycles. The molecule has 1 heterocycles. The number of aryl methyl sites for hydroxylation is 1. The summed E-state index contributed by atoms with van der Waals surface area (Å²) in [4.78, 5) is 21.9. The average molecular weight is 260 g/mol. The zero-order chi connectivity index (χ0) is 14.0. The van der Waals surface area contributed by atoms with Crippen molar-refractivity contribution in [1.82, 2.24) is 0 Å². The molecule has 0 aliphatic carbocycles. The van der Waals surface area contributed by atoms with E-state index in [1.807, 2.05) is 0 Å². The predicted molar refractivity (Wildman–Crippen MR) is 67.8 cm³/mol. The summed E-state index contributed by atoms with van der Waals surface area (Å²) < 4.78 is 10.4. The summed E-state index contributed by atoms with van der Waals surface area (Å²) in [5, 5.41) is 9.24. The van der Waals surface area contributed by atoms with Gasteiger partial charge in [0.25, 0.3) is 0 Å². The van der Waals surface area contributed by atoms with Gasteiger partial charge in [0.15, 0.2) is 12.0 Å². The smallest absolute Gasteiger partial charge is 0.336 e. The number of furan rings is 1. The number of ether oxygens (including phenoxy) is 1. The van der Waals surface area contributed by atoms with Gasteiger partial charge in [0.2, 0.25) is 0 Å². The maximum absolute atomic E-state index is 11.3. The molecule has 0 fully saturated rings. The number of carbonyl (C=O) groups is 2. The number of carboxylic acid groups (broad SMARTS) is 1. The van der Waals surface area contributed by atoms with E-state index in [1.165, 1.54) is 19.2 Å². The summed E-state index contributed by atoms with van der Waals surface area (Å²) in [6, 6.07) is 6.16. The molecule has 0 atom stereocenters. The van der Waals surface area contributed by atoms with Gasteiger partial charge in [-0.15, -0.1) is 0 Å². The molecule has 0 unspecified atom stereocenters. The van der Waals surface area contributed by atoms with Crippen LogP contribution in [0.2, 0.25) is 0 Å². The molecule has 0 spiro atoms. The van der Waals surface area contributed by atoms with Gasteiger partial charge in [-0.25, -0.2) is 4.79 Å². The topological polar surface area (TPSA) is 76.7 Å². The SMILES string of the molecule is COc1cc(C(=O)O)c(-c2ccc(C=O)o2)cc1C. The van der Waals surface area contributed by atoms with Crippen LogP contribution in [0.15, 0.2) is 28.7 Å². The number of rotatable bonds is 4. The van der Waals surface area contributed by atoms with Crippen molar-refractivity contribution < 1.29 is 23.8 Å². The number of aromatic carboxylic acids is 1. The molecule has 2 rings (SSSR count). The summed E-state index contributed by atoms with van der Waals surface area (Å²) in [7, 11) is 1.48. The molecule has 0 aliphatic heterocycles. The largest absolute Gasteiger partial charge is 0.496 e. The first-order chi connectivity index (χ1) is 9.06. The summed E-state index contributed by atoms with van der Waals surface area (Å²) >= 11 is 0. The molecule has 98 valence electrons. The first-order valence-corrected chi connectivity index (χ1v) is 5.54. The van der Waals surface area contributed by atoms with Crippen LogP contribution >= 0.6 is 0 Å². The Balaban J connectivity index is 2.64. The highest BCUT2D eigenvalue weighted by atomic mass is 16.5. The third kappa shape index (κ3) is 2.35. The standard InChI is InChI=1S/C14H12O5/c1-8-5-10(12-4-3-9(7-15)19-12)11(14(16)17)6-13(8)18-2/h3-7H,1-2H3,(H,16,17). The molecular weight excluding hydrogens is 248 g/mol. The van der Waals surface area contributed by atoms with Gasteiger partial charge in [0.05, 0.1) is 12.7 Å². The van der Waals surface area contributed by atoms with Crippen LogP contribution in [0.3, 0.4) is 0 Å². The summed E-state index contributed by atoms with van der Waals surface area (Å²) in [6.45, 7) is 1.80. The lowest BCUT2D eigenvalue weighted by molar-refractivity contribution is 0.0697. The second kappa shape index (κ2) is 4.97. The van der Waals surface area contributed by atoms with Crippen LogP contribution in [0.25, 0.3) is 11.3 Å². The van der Waals surface area contributed by atoms with E-state index in [0.29, 0.717) is 23.4 Å². The van der Waals surface area contributed by atoms with Crippen molar-refractivity contribution in [3.8, 4) is 17.1 Å². The van der Waals surface area contributed by atoms with Crippen LogP contribution in [0.4, 0.5) is 0 Å². The van der Waals surface area contributed by atoms with Crippen molar-refractivity contribution in [1.29, 1.82) is 0 Å². The quantitative estimate of drug-likeness (QED) is 0.855. The molecule has 0 radical (unpaired) electrons. The van der Waals surface area contributed by atoms with E-state index in [9.17, 15) is 14.7 Å². The van der Waals surface area contributed by atoms with Crippen molar-refractivity contribution in [3.05, 3.63) is 41.2 Å². The number of methoxy groups -OCH3 is 1. The molecule has 5 heteroatoms. The molecule has 2 aromatic rings. The Morgan fingerprint density at radius 3 is 2.63 bits per heavy atom. The molecule has 0 bridgehead atoms. The van der Waals surface area contributed by atoms with E-state index < -0.39 is 5.97 Å². The molecule has 1 aromatic heterocycles. The van der Waals surface area contributed by atoms with Crippen LogP contribution in [-0.4, -0.2) is 24.5 Å². The second-order valence-corrected chi connectivity index (χ2v) is 3.99. The van der Waals surface area contributed by atoms with E-state index in [2.05, 4.69) is 0 Å². The van der Waals surface area contributed by atoms with Gasteiger partial charge in [0, 0.05) is 5.56 Å². The number of carbonyl (C=O) groups excluding carboxylic acids is 1. The Morgan fingerprint density at radius 2 is 2.11 bits per heavy atom.